The summed E-state index contributed by atoms with van der Waals surface area (Å²) in [5.41, 5.74) is 4.55. The summed E-state index contributed by atoms with van der Waals surface area (Å²) in [5, 5.41) is 3.58. The van der Waals surface area contributed by atoms with E-state index in [0.29, 0.717) is 0 Å². The third-order valence-corrected chi connectivity index (χ3v) is 6.22. The summed E-state index contributed by atoms with van der Waals surface area (Å²) in [4.78, 5) is 0. The van der Waals surface area contributed by atoms with Crippen LogP contribution in [0.4, 0.5) is 5.69 Å². The van der Waals surface area contributed by atoms with Gasteiger partial charge in [-0.2, -0.15) is 0 Å². The summed E-state index contributed by atoms with van der Waals surface area (Å²) in [5.74, 6) is 0.955. The molecule has 0 aliphatic carbocycles. The highest BCUT2D eigenvalue weighted by molar-refractivity contribution is 14.1. The van der Waals surface area contributed by atoms with Crippen LogP contribution < -0.4 is 5.32 Å². The van der Waals surface area contributed by atoms with Crippen LogP contribution in [0.2, 0.25) is 32.7 Å². The molecule has 1 aliphatic heterocycles. The van der Waals surface area contributed by atoms with Gasteiger partial charge in [0.1, 0.15) is 12.0 Å². The first-order valence-electron chi connectivity index (χ1n) is 8.95. The molecule has 26 heavy (non-hydrogen) atoms. The van der Waals surface area contributed by atoms with Crippen molar-refractivity contribution in [2.24, 2.45) is 0 Å². The molecule has 2 aromatic carbocycles. The fourth-order valence-electron chi connectivity index (χ4n) is 3.01. The minimum absolute atomic E-state index is 0.151. The Morgan fingerprint density at radius 1 is 1.08 bits per heavy atom. The molecule has 0 aromatic heterocycles. The number of nitrogens with one attached hydrogen (secondary N) is 1. The van der Waals surface area contributed by atoms with Crippen molar-refractivity contribution in [2.45, 2.75) is 39.0 Å². The van der Waals surface area contributed by atoms with Gasteiger partial charge >= 0.3 is 0 Å². The van der Waals surface area contributed by atoms with Crippen LogP contribution in [0.15, 0.2) is 48.5 Å². The molecule has 2 aromatic rings. The van der Waals surface area contributed by atoms with Gasteiger partial charge in [0.2, 0.25) is 8.32 Å². The first kappa shape index (κ1) is 19.7. The van der Waals surface area contributed by atoms with E-state index in [0.717, 1.165) is 22.6 Å². The maximum absolute atomic E-state index is 6.62. The Kier molecular flexibility index (Phi) is 5.95. The average Bonchev–Trinajstić information content (AvgIpc) is 2.88. The van der Waals surface area contributed by atoms with Gasteiger partial charge in [0.15, 0.2) is 9.04 Å². The molecule has 1 heterocycles. The van der Waals surface area contributed by atoms with Crippen molar-refractivity contribution >= 4 is 57.0 Å². The lowest BCUT2D eigenvalue weighted by molar-refractivity contribution is 0.296. The Balaban J connectivity index is 2.22. The highest BCUT2D eigenvalue weighted by Gasteiger charge is 2.33. The first-order valence-corrected chi connectivity index (χ1v) is 16.2. The molecule has 0 amide bonds. The molecule has 0 fully saturated rings. The van der Waals surface area contributed by atoms with E-state index in [1.54, 1.807) is 0 Å². The summed E-state index contributed by atoms with van der Waals surface area (Å²) in [6.07, 6.45) is -0.151. The van der Waals surface area contributed by atoms with Gasteiger partial charge in [-0.25, -0.2) is 0 Å². The minimum Gasteiger partial charge on any atom is -0.544 e. The zero-order chi connectivity index (χ0) is 18.9. The molecule has 0 saturated carbocycles. The molecule has 1 atom stereocenters. The molecule has 1 unspecified atom stereocenters. The van der Waals surface area contributed by atoms with Crippen LogP contribution >= 0.6 is 22.6 Å². The van der Waals surface area contributed by atoms with Gasteiger partial charge in [0, 0.05) is 20.4 Å². The van der Waals surface area contributed by atoms with Gasteiger partial charge in [0.05, 0.1) is 5.57 Å². The van der Waals surface area contributed by atoms with Crippen LogP contribution in [-0.2, 0) is 8.85 Å². The van der Waals surface area contributed by atoms with E-state index in [-0.39, 0.29) is 6.23 Å². The Morgan fingerprint density at radius 3 is 2.38 bits per heavy atom. The molecular formula is C20H26INO2Si2. The summed E-state index contributed by atoms with van der Waals surface area (Å²) < 4.78 is 14.2. The molecule has 138 valence electrons. The normalized spacial score (nSPS) is 18.5. The second kappa shape index (κ2) is 7.88. The number of halogens is 1. The quantitative estimate of drug-likeness (QED) is 0.325. The van der Waals surface area contributed by atoms with Crippen molar-refractivity contribution in [2.75, 3.05) is 5.32 Å². The molecule has 0 radical (unpaired) electrons. The molecular weight excluding hydrogens is 469 g/mol. The van der Waals surface area contributed by atoms with Crippen LogP contribution in [0.1, 0.15) is 11.1 Å². The Hall–Kier alpha value is -1.10. The Labute approximate surface area is 172 Å². The monoisotopic (exact) mass is 495 g/mol. The van der Waals surface area contributed by atoms with Crippen LogP contribution in [-0.4, -0.2) is 23.6 Å². The highest BCUT2D eigenvalue weighted by Crippen LogP contribution is 2.42. The zero-order valence-electron chi connectivity index (χ0n) is 16.0. The topological polar surface area (TPSA) is 30.5 Å². The number of hydrogen-bond acceptors (Lipinski definition) is 3. The predicted molar refractivity (Wildman–Crippen MR) is 124 cm³/mol. The molecule has 3 rings (SSSR count). The van der Waals surface area contributed by atoms with Crippen molar-refractivity contribution in [3.05, 3.63) is 63.2 Å². The molecule has 1 aliphatic rings. The lowest BCUT2D eigenvalue weighted by Gasteiger charge is -2.27. The minimum atomic E-state index is -1.80. The van der Waals surface area contributed by atoms with E-state index < -0.39 is 17.4 Å². The molecule has 0 spiro atoms. The van der Waals surface area contributed by atoms with Gasteiger partial charge < -0.3 is 14.2 Å². The predicted octanol–water partition coefficient (Wildman–Crippen LogP) is 5.76. The SMILES string of the molecule is C[SiH](C)OC1Nc2cc(I)ccc2/C1=C(\O[Si](C)(C)C)c1ccccc1. The zero-order valence-corrected chi connectivity index (χ0v) is 20.3. The third kappa shape index (κ3) is 4.59. The van der Waals surface area contributed by atoms with Gasteiger partial charge in [0.25, 0.3) is 0 Å². The summed E-state index contributed by atoms with van der Waals surface area (Å²) >= 11 is 2.35. The van der Waals surface area contributed by atoms with E-state index in [1.807, 2.05) is 6.07 Å². The van der Waals surface area contributed by atoms with E-state index in [2.05, 4.69) is 103 Å². The lowest BCUT2D eigenvalue weighted by Crippen LogP contribution is -2.29. The number of anilines is 1. The van der Waals surface area contributed by atoms with Gasteiger partial charge in [-0.3, -0.25) is 0 Å². The number of benzene rings is 2. The standard InChI is InChI=1S/C20H26INO2Si2/c1-25(2)23-20-18(16-12-11-15(21)13-17(16)22-20)19(24-26(3,4)5)14-9-7-6-8-10-14/h6-13,20,22,25H,1-5H3/b19-18+. The van der Waals surface area contributed by atoms with E-state index in [1.165, 1.54) is 9.13 Å². The summed E-state index contributed by atoms with van der Waals surface area (Å²) in [7, 11) is -3.04. The highest BCUT2D eigenvalue weighted by atomic mass is 127. The molecule has 0 bridgehead atoms. The summed E-state index contributed by atoms with van der Waals surface area (Å²) in [6, 6.07) is 16.9. The maximum atomic E-state index is 6.62. The molecule has 3 nitrogen and oxygen atoms in total. The summed E-state index contributed by atoms with van der Waals surface area (Å²) in [6.45, 7) is 11.1. The van der Waals surface area contributed by atoms with E-state index >= 15 is 0 Å². The van der Waals surface area contributed by atoms with E-state index in [4.69, 9.17) is 8.85 Å². The Bertz CT molecular complexity index is 816. The Morgan fingerprint density at radius 2 is 1.77 bits per heavy atom. The molecule has 0 saturated heterocycles. The fourth-order valence-corrected chi connectivity index (χ4v) is 5.09. The maximum Gasteiger partial charge on any atom is 0.242 e. The average molecular weight is 496 g/mol. The van der Waals surface area contributed by atoms with Crippen molar-refractivity contribution in [3.63, 3.8) is 0 Å². The van der Waals surface area contributed by atoms with Crippen LogP contribution in [0.3, 0.4) is 0 Å². The van der Waals surface area contributed by atoms with Gasteiger partial charge in [-0.15, -0.1) is 0 Å². The van der Waals surface area contributed by atoms with E-state index in [9.17, 15) is 0 Å². The van der Waals surface area contributed by atoms with Crippen molar-refractivity contribution in [1.29, 1.82) is 0 Å². The lowest BCUT2D eigenvalue weighted by atomic mass is 10.0. The fraction of sp³-hybridized carbons (Fsp3) is 0.300. The second-order valence-corrected chi connectivity index (χ2v) is 15.8. The van der Waals surface area contributed by atoms with Crippen molar-refractivity contribution in [1.82, 2.24) is 0 Å². The van der Waals surface area contributed by atoms with Crippen molar-refractivity contribution in [3.8, 4) is 0 Å². The number of rotatable bonds is 5. The van der Waals surface area contributed by atoms with Crippen LogP contribution in [0.5, 0.6) is 0 Å². The molecule has 1 N–H and O–H groups in total. The first-order chi connectivity index (χ1) is 12.2. The van der Waals surface area contributed by atoms with Crippen LogP contribution in [0, 0.1) is 3.57 Å². The van der Waals surface area contributed by atoms with Gasteiger partial charge in [-0.1, -0.05) is 36.4 Å². The smallest absolute Gasteiger partial charge is 0.242 e. The van der Waals surface area contributed by atoms with Crippen molar-refractivity contribution < 1.29 is 8.85 Å². The number of hydrogen-bond donors (Lipinski definition) is 1. The third-order valence-electron chi connectivity index (χ3n) is 3.92. The number of fused-ring (bicyclic) bond motifs is 1. The second-order valence-electron chi connectivity index (χ2n) is 7.72. The molecule has 6 heteroatoms. The van der Waals surface area contributed by atoms with Gasteiger partial charge in [-0.05, 0) is 67.5 Å². The largest absolute Gasteiger partial charge is 0.544 e. The van der Waals surface area contributed by atoms with Crippen LogP contribution in [0.25, 0.3) is 11.3 Å².